The lowest BCUT2D eigenvalue weighted by molar-refractivity contribution is -0.147. The van der Waals surface area contributed by atoms with Crippen LogP contribution in [-0.2, 0) is 9.53 Å². The number of aliphatic carboxylic acids is 1. The third-order valence-corrected chi connectivity index (χ3v) is 3.38. The Hall–Kier alpha value is -0.280. The smallest absolute Gasteiger partial charge is 0.329 e. The van der Waals surface area contributed by atoms with Crippen LogP contribution in [0.3, 0.4) is 0 Å². The van der Waals surface area contributed by atoms with Crippen LogP contribution in [0.4, 0.5) is 0 Å². The van der Waals surface area contributed by atoms with Gasteiger partial charge in [0.25, 0.3) is 0 Å². The number of hydrogen-bond donors (Lipinski definition) is 1. The molecule has 3 nitrogen and oxygen atoms in total. The first kappa shape index (κ1) is 15.7. The minimum Gasteiger partial charge on any atom is -0.480 e. The predicted octanol–water partition coefficient (Wildman–Crippen LogP) is 2.97. The Balaban J connectivity index is 0.00000225. The summed E-state index contributed by atoms with van der Waals surface area (Å²) in [7, 11) is 0. The van der Waals surface area contributed by atoms with Gasteiger partial charge in [0.15, 0.2) is 0 Å². The van der Waals surface area contributed by atoms with Gasteiger partial charge in [0.05, 0.1) is 6.10 Å². The summed E-state index contributed by atoms with van der Waals surface area (Å²) >= 11 is 0. The van der Waals surface area contributed by atoms with E-state index in [9.17, 15) is 4.79 Å². The molecule has 3 atom stereocenters. The van der Waals surface area contributed by atoms with E-state index in [1.165, 1.54) is 12.8 Å². The molecule has 0 aromatic carbocycles. The molecule has 1 aliphatic rings. The zero-order valence-corrected chi connectivity index (χ0v) is 11.1. The minimum atomic E-state index is -0.865. The summed E-state index contributed by atoms with van der Waals surface area (Å²) in [5.41, 5.74) is 0. The summed E-state index contributed by atoms with van der Waals surface area (Å²) < 4.78 is 5.49. The molecular weight excluding hydrogens is 228 g/mol. The van der Waals surface area contributed by atoms with Crippen molar-refractivity contribution in [3.8, 4) is 0 Å². The number of rotatable bonds is 4. The molecule has 0 bridgehead atoms. The number of carboxylic acids is 1. The minimum absolute atomic E-state index is 0. The highest BCUT2D eigenvalue weighted by atomic mass is 35.5. The van der Waals surface area contributed by atoms with Gasteiger partial charge in [0.2, 0.25) is 0 Å². The molecule has 0 spiro atoms. The average Bonchev–Trinajstić information content (AvgIpc) is 2.14. The molecule has 0 aromatic rings. The van der Waals surface area contributed by atoms with Crippen molar-refractivity contribution >= 4 is 18.4 Å². The second kappa shape index (κ2) is 7.13. The molecule has 3 unspecified atom stereocenters. The van der Waals surface area contributed by atoms with Crippen LogP contribution in [-0.4, -0.2) is 23.8 Å². The summed E-state index contributed by atoms with van der Waals surface area (Å²) in [5.74, 6) is 0.909. The molecule has 0 amide bonds. The largest absolute Gasteiger partial charge is 0.480 e. The fraction of sp³-hybridized carbons (Fsp3) is 0.917. The van der Waals surface area contributed by atoms with Crippen molar-refractivity contribution < 1.29 is 14.6 Å². The van der Waals surface area contributed by atoms with Gasteiger partial charge in [-0.2, -0.15) is 0 Å². The van der Waals surface area contributed by atoms with Crippen molar-refractivity contribution in [3.63, 3.8) is 0 Å². The first-order valence-corrected chi connectivity index (χ1v) is 5.84. The van der Waals surface area contributed by atoms with E-state index >= 15 is 0 Å². The number of hydrogen-bond acceptors (Lipinski definition) is 2. The highest BCUT2D eigenvalue weighted by Gasteiger charge is 2.31. The zero-order chi connectivity index (χ0) is 11.4. The maximum atomic E-state index is 10.5. The van der Waals surface area contributed by atoms with E-state index in [2.05, 4.69) is 20.8 Å². The van der Waals surface area contributed by atoms with Crippen LogP contribution in [0.1, 0.15) is 40.0 Å². The third kappa shape index (κ3) is 4.71. The number of ether oxygens (including phenoxy) is 1. The molecule has 16 heavy (non-hydrogen) atoms. The maximum Gasteiger partial charge on any atom is 0.329 e. The molecule has 1 N–H and O–H groups in total. The van der Waals surface area contributed by atoms with E-state index in [-0.39, 0.29) is 25.1 Å². The Morgan fingerprint density at radius 1 is 1.44 bits per heavy atom. The summed E-state index contributed by atoms with van der Waals surface area (Å²) in [4.78, 5) is 10.5. The van der Waals surface area contributed by atoms with Crippen LogP contribution in [0.25, 0.3) is 0 Å². The standard InChI is InChI=1S/C12H22O3.ClH/c1-8(2)10-5-4-9(3)6-11(10)15-7-12(13)14;/h8-11H,4-7H2,1-3H3,(H,13,14);1H. The van der Waals surface area contributed by atoms with Gasteiger partial charge in [0.1, 0.15) is 6.61 Å². The summed E-state index contributed by atoms with van der Waals surface area (Å²) in [5, 5.41) is 8.61. The molecule has 1 saturated carbocycles. The van der Waals surface area contributed by atoms with E-state index in [0.29, 0.717) is 17.8 Å². The topological polar surface area (TPSA) is 46.5 Å². The second-order valence-electron chi connectivity index (χ2n) is 5.07. The summed E-state index contributed by atoms with van der Waals surface area (Å²) in [6, 6.07) is 0. The van der Waals surface area contributed by atoms with E-state index in [4.69, 9.17) is 9.84 Å². The van der Waals surface area contributed by atoms with Crippen molar-refractivity contribution in [2.24, 2.45) is 17.8 Å². The summed E-state index contributed by atoms with van der Waals surface area (Å²) in [6.45, 7) is 6.45. The lowest BCUT2D eigenvalue weighted by Gasteiger charge is -2.36. The normalized spacial score (nSPS) is 29.9. The van der Waals surface area contributed by atoms with E-state index in [1.54, 1.807) is 0 Å². The van der Waals surface area contributed by atoms with Gasteiger partial charge in [-0.15, -0.1) is 12.4 Å². The molecule has 1 fully saturated rings. The first-order chi connectivity index (χ1) is 7.00. The van der Waals surface area contributed by atoms with Crippen LogP contribution in [0, 0.1) is 17.8 Å². The molecule has 96 valence electrons. The Kier molecular flexibility index (Phi) is 7.00. The van der Waals surface area contributed by atoms with E-state index < -0.39 is 5.97 Å². The van der Waals surface area contributed by atoms with Crippen molar-refractivity contribution in [1.82, 2.24) is 0 Å². The van der Waals surface area contributed by atoms with Gasteiger partial charge < -0.3 is 9.84 Å². The predicted molar refractivity (Wildman–Crippen MR) is 66.0 cm³/mol. The van der Waals surface area contributed by atoms with Gasteiger partial charge in [-0.1, -0.05) is 27.2 Å². The van der Waals surface area contributed by atoms with Gasteiger partial charge in [-0.05, 0) is 30.6 Å². The van der Waals surface area contributed by atoms with E-state index in [1.807, 2.05) is 0 Å². The second-order valence-corrected chi connectivity index (χ2v) is 5.07. The SMILES string of the molecule is CC1CCC(C(C)C)C(OCC(=O)O)C1.Cl. The van der Waals surface area contributed by atoms with Crippen LogP contribution in [0.15, 0.2) is 0 Å². The molecular formula is C12H23ClO3. The van der Waals surface area contributed by atoms with Gasteiger partial charge in [0, 0.05) is 0 Å². The molecule has 0 radical (unpaired) electrons. The Bertz CT molecular complexity index is 218. The fourth-order valence-electron chi connectivity index (χ4n) is 2.48. The lowest BCUT2D eigenvalue weighted by Crippen LogP contribution is -2.35. The molecule has 4 heteroatoms. The Labute approximate surface area is 104 Å². The van der Waals surface area contributed by atoms with Crippen molar-refractivity contribution in [2.75, 3.05) is 6.61 Å². The maximum absolute atomic E-state index is 10.5. The molecule has 1 rings (SSSR count). The van der Waals surface area contributed by atoms with Crippen molar-refractivity contribution in [1.29, 1.82) is 0 Å². The lowest BCUT2D eigenvalue weighted by atomic mass is 9.75. The molecule has 0 saturated heterocycles. The number of halogens is 1. The number of carboxylic acid groups (broad SMARTS) is 1. The van der Waals surface area contributed by atoms with E-state index in [0.717, 1.165) is 6.42 Å². The first-order valence-electron chi connectivity index (χ1n) is 5.84. The Morgan fingerprint density at radius 2 is 2.06 bits per heavy atom. The molecule has 0 heterocycles. The molecule has 1 aliphatic carbocycles. The van der Waals surface area contributed by atoms with Crippen molar-refractivity contribution in [2.45, 2.75) is 46.1 Å². The Morgan fingerprint density at radius 3 is 2.56 bits per heavy atom. The fourth-order valence-corrected chi connectivity index (χ4v) is 2.48. The van der Waals surface area contributed by atoms with Crippen LogP contribution in [0.2, 0.25) is 0 Å². The quantitative estimate of drug-likeness (QED) is 0.835. The monoisotopic (exact) mass is 250 g/mol. The summed E-state index contributed by atoms with van der Waals surface area (Å²) in [6.07, 6.45) is 3.57. The number of carbonyl (C=O) groups is 1. The molecule has 0 aliphatic heterocycles. The van der Waals surface area contributed by atoms with Crippen LogP contribution < -0.4 is 0 Å². The zero-order valence-electron chi connectivity index (χ0n) is 10.3. The molecule has 0 aromatic heterocycles. The van der Waals surface area contributed by atoms with Crippen LogP contribution >= 0.6 is 12.4 Å². The average molecular weight is 251 g/mol. The highest BCUT2D eigenvalue weighted by Crippen LogP contribution is 2.35. The van der Waals surface area contributed by atoms with Gasteiger partial charge >= 0.3 is 5.97 Å². The van der Waals surface area contributed by atoms with Crippen LogP contribution in [0.5, 0.6) is 0 Å². The highest BCUT2D eigenvalue weighted by molar-refractivity contribution is 5.85. The van der Waals surface area contributed by atoms with Crippen molar-refractivity contribution in [3.05, 3.63) is 0 Å². The van der Waals surface area contributed by atoms with Gasteiger partial charge in [-0.25, -0.2) is 4.79 Å². The van der Waals surface area contributed by atoms with Gasteiger partial charge in [-0.3, -0.25) is 0 Å². The third-order valence-electron chi connectivity index (χ3n) is 3.38.